The van der Waals surface area contributed by atoms with Gasteiger partial charge in [-0.1, -0.05) is 23.7 Å². The molecule has 0 aliphatic rings. The Morgan fingerprint density at radius 3 is 2.32 bits per heavy atom. The maximum atomic E-state index is 13.5. The Bertz CT molecular complexity index is 596. The predicted octanol–water partition coefficient (Wildman–Crippen LogP) is 4.63. The highest BCUT2D eigenvalue weighted by molar-refractivity contribution is 7.98. The van der Waals surface area contributed by atoms with E-state index < -0.39 is 17.5 Å². The normalized spacial score (nSPS) is 10.7. The van der Waals surface area contributed by atoms with Gasteiger partial charge in [-0.2, -0.15) is 0 Å². The molecule has 0 atom stereocenters. The molecular formula is C13H9ClF3NS. The van der Waals surface area contributed by atoms with Crippen LogP contribution >= 0.6 is 23.4 Å². The van der Waals surface area contributed by atoms with E-state index in [9.17, 15) is 13.2 Å². The van der Waals surface area contributed by atoms with E-state index in [1.807, 2.05) is 0 Å². The van der Waals surface area contributed by atoms with Crippen LogP contribution in [0.4, 0.5) is 18.9 Å². The minimum atomic E-state index is -0.741. The first-order valence-electron chi connectivity index (χ1n) is 5.29. The van der Waals surface area contributed by atoms with Crippen LogP contribution in [0.3, 0.4) is 0 Å². The van der Waals surface area contributed by atoms with Crippen molar-refractivity contribution in [3.8, 4) is 0 Å². The lowest BCUT2D eigenvalue weighted by Gasteiger charge is -2.07. The van der Waals surface area contributed by atoms with E-state index in [0.717, 1.165) is 23.9 Å². The Balaban J connectivity index is 2.22. The molecule has 0 saturated heterocycles. The highest BCUT2D eigenvalue weighted by atomic mass is 35.5. The van der Waals surface area contributed by atoms with Crippen molar-refractivity contribution in [2.75, 3.05) is 5.73 Å². The van der Waals surface area contributed by atoms with Gasteiger partial charge in [0.2, 0.25) is 0 Å². The number of halogens is 4. The highest BCUT2D eigenvalue weighted by Crippen LogP contribution is 2.32. The van der Waals surface area contributed by atoms with Crippen LogP contribution in [0, 0.1) is 17.5 Å². The lowest BCUT2D eigenvalue weighted by Crippen LogP contribution is -1.94. The summed E-state index contributed by atoms with van der Waals surface area (Å²) in [5.74, 6) is -1.88. The highest BCUT2D eigenvalue weighted by Gasteiger charge is 2.13. The minimum Gasteiger partial charge on any atom is -0.399 e. The van der Waals surface area contributed by atoms with Crippen molar-refractivity contribution >= 4 is 29.1 Å². The number of hydrogen-bond donors (Lipinski definition) is 1. The van der Waals surface area contributed by atoms with Crippen molar-refractivity contribution in [3.05, 3.63) is 58.4 Å². The van der Waals surface area contributed by atoms with Crippen LogP contribution in [0.1, 0.15) is 5.56 Å². The van der Waals surface area contributed by atoms with Crippen molar-refractivity contribution in [2.24, 2.45) is 0 Å². The molecule has 0 aliphatic heterocycles. The first kappa shape index (κ1) is 14.1. The van der Waals surface area contributed by atoms with Crippen LogP contribution in [0.15, 0.2) is 35.2 Å². The van der Waals surface area contributed by atoms with Gasteiger partial charge in [0.1, 0.15) is 17.5 Å². The summed E-state index contributed by atoms with van der Waals surface area (Å²) >= 11 is 6.67. The molecule has 0 unspecified atom stereocenters. The zero-order valence-corrected chi connectivity index (χ0v) is 11.2. The van der Waals surface area contributed by atoms with Gasteiger partial charge < -0.3 is 5.73 Å². The van der Waals surface area contributed by atoms with Gasteiger partial charge in [0, 0.05) is 11.4 Å². The summed E-state index contributed by atoms with van der Waals surface area (Å²) in [5, 5.41) is -0.0359. The van der Waals surface area contributed by atoms with E-state index in [1.165, 1.54) is 12.1 Å². The third-order valence-corrected chi connectivity index (χ3v) is 3.98. The van der Waals surface area contributed by atoms with Gasteiger partial charge in [0.15, 0.2) is 0 Å². The summed E-state index contributed by atoms with van der Waals surface area (Å²) < 4.78 is 40.3. The second-order valence-corrected chi connectivity index (χ2v) is 5.18. The van der Waals surface area contributed by atoms with E-state index in [1.54, 1.807) is 6.07 Å². The molecule has 0 heterocycles. The first-order chi connectivity index (χ1) is 8.99. The molecule has 0 saturated carbocycles. The number of thioether (sulfide) groups is 1. The van der Waals surface area contributed by atoms with Crippen LogP contribution in [-0.4, -0.2) is 0 Å². The first-order valence-corrected chi connectivity index (χ1v) is 6.65. The summed E-state index contributed by atoms with van der Waals surface area (Å²) in [6.45, 7) is 0. The summed E-state index contributed by atoms with van der Waals surface area (Å²) in [6, 6.07) is 6.40. The molecule has 0 aromatic heterocycles. The fourth-order valence-corrected chi connectivity index (χ4v) is 2.73. The van der Waals surface area contributed by atoms with Crippen molar-refractivity contribution in [2.45, 2.75) is 10.6 Å². The fourth-order valence-electron chi connectivity index (χ4n) is 1.53. The van der Waals surface area contributed by atoms with Gasteiger partial charge in [-0.05, 0) is 23.8 Å². The molecule has 2 aromatic rings. The molecule has 2 rings (SSSR count). The van der Waals surface area contributed by atoms with Crippen LogP contribution in [-0.2, 0) is 5.75 Å². The van der Waals surface area contributed by atoms with E-state index in [-0.39, 0.29) is 21.4 Å². The Hall–Kier alpha value is -1.33. The quantitative estimate of drug-likeness (QED) is 0.661. The van der Waals surface area contributed by atoms with E-state index in [0.29, 0.717) is 5.56 Å². The van der Waals surface area contributed by atoms with Crippen LogP contribution in [0.25, 0.3) is 0 Å². The van der Waals surface area contributed by atoms with E-state index in [4.69, 9.17) is 17.3 Å². The average molecular weight is 304 g/mol. The number of anilines is 1. The third kappa shape index (κ3) is 3.16. The van der Waals surface area contributed by atoms with Crippen molar-refractivity contribution < 1.29 is 13.2 Å². The molecule has 19 heavy (non-hydrogen) atoms. The molecular weight excluding hydrogens is 295 g/mol. The molecule has 2 aromatic carbocycles. The summed E-state index contributed by atoms with van der Waals surface area (Å²) in [6.07, 6.45) is 0. The molecule has 1 nitrogen and oxygen atoms in total. The number of benzene rings is 2. The molecule has 0 spiro atoms. The second-order valence-electron chi connectivity index (χ2n) is 3.82. The van der Waals surface area contributed by atoms with Crippen LogP contribution < -0.4 is 5.73 Å². The molecule has 6 heteroatoms. The number of nitrogen functional groups attached to an aromatic ring is 1. The fraction of sp³-hybridized carbons (Fsp3) is 0.0769. The topological polar surface area (TPSA) is 26.0 Å². The number of hydrogen-bond acceptors (Lipinski definition) is 2. The Kier molecular flexibility index (Phi) is 4.27. The molecule has 0 radical (unpaired) electrons. The zero-order valence-electron chi connectivity index (χ0n) is 9.59. The molecule has 2 N–H and O–H groups in total. The van der Waals surface area contributed by atoms with E-state index in [2.05, 4.69) is 0 Å². The Labute approximate surface area is 117 Å². The summed E-state index contributed by atoms with van der Waals surface area (Å²) in [7, 11) is 0. The maximum absolute atomic E-state index is 13.5. The molecule has 0 bridgehead atoms. The summed E-state index contributed by atoms with van der Waals surface area (Å²) in [4.78, 5) is -0.158. The second kappa shape index (κ2) is 5.75. The Morgan fingerprint density at radius 1 is 1.05 bits per heavy atom. The van der Waals surface area contributed by atoms with Gasteiger partial charge in [-0.15, -0.1) is 11.8 Å². The van der Waals surface area contributed by atoms with Gasteiger partial charge in [0.05, 0.1) is 9.92 Å². The zero-order chi connectivity index (χ0) is 14.0. The largest absolute Gasteiger partial charge is 0.399 e. The monoisotopic (exact) mass is 303 g/mol. The van der Waals surface area contributed by atoms with Crippen molar-refractivity contribution in [1.29, 1.82) is 0 Å². The van der Waals surface area contributed by atoms with Gasteiger partial charge in [0.25, 0.3) is 0 Å². The maximum Gasteiger partial charge on any atom is 0.142 e. The number of rotatable bonds is 3. The van der Waals surface area contributed by atoms with Crippen molar-refractivity contribution in [3.63, 3.8) is 0 Å². The summed E-state index contributed by atoms with van der Waals surface area (Å²) in [5.41, 5.74) is 5.81. The lowest BCUT2D eigenvalue weighted by molar-refractivity contribution is 0.542. The average Bonchev–Trinajstić information content (AvgIpc) is 2.33. The lowest BCUT2D eigenvalue weighted by atomic mass is 10.2. The van der Waals surface area contributed by atoms with Crippen LogP contribution in [0.5, 0.6) is 0 Å². The van der Waals surface area contributed by atoms with E-state index >= 15 is 0 Å². The van der Waals surface area contributed by atoms with Gasteiger partial charge in [-0.3, -0.25) is 0 Å². The SMILES string of the molecule is Nc1cc(F)c(SCc2cccc(F)c2Cl)c(F)c1. The molecule has 0 amide bonds. The minimum absolute atomic E-state index is 0.0168. The molecule has 100 valence electrons. The van der Waals surface area contributed by atoms with Gasteiger partial charge >= 0.3 is 0 Å². The van der Waals surface area contributed by atoms with Gasteiger partial charge in [-0.25, -0.2) is 13.2 Å². The molecule has 0 aliphatic carbocycles. The standard InChI is InChI=1S/C13H9ClF3NS/c14-12-7(2-1-3-9(12)15)6-19-13-10(16)4-8(18)5-11(13)17/h1-5H,6,18H2. The predicted molar refractivity (Wildman–Crippen MR) is 71.7 cm³/mol. The van der Waals surface area contributed by atoms with Crippen molar-refractivity contribution in [1.82, 2.24) is 0 Å². The van der Waals surface area contributed by atoms with Crippen LogP contribution in [0.2, 0.25) is 5.02 Å². The smallest absolute Gasteiger partial charge is 0.142 e. The molecule has 0 fully saturated rings. The third-order valence-electron chi connectivity index (χ3n) is 2.42. The Morgan fingerprint density at radius 2 is 1.68 bits per heavy atom. The number of nitrogens with two attached hydrogens (primary N) is 1.